The Labute approximate surface area is 123 Å². The van der Waals surface area contributed by atoms with Crippen molar-refractivity contribution in [1.82, 2.24) is 5.32 Å². The van der Waals surface area contributed by atoms with E-state index in [2.05, 4.69) is 5.32 Å². The van der Waals surface area contributed by atoms with Crippen LogP contribution in [0.25, 0.3) is 0 Å². The number of hydrogen-bond acceptors (Lipinski definition) is 2. The molecule has 4 heteroatoms. The number of rotatable bonds is 3. The van der Waals surface area contributed by atoms with Gasteiger partial charge in [0, 0.05) is 5.69 Å². The summed E-state index contributed by atoms with van der Waals surface area (Å²) in [6, 6.07) is 11.9. The predicted molar refractivity (Wildman–Crippen MR) is 80.2 cm³/mol. The number of carbonyl (C=O) groups is 1. The zero-order valence-corrected chi connectivity index (χ0v) is 11.6. The van der Waals surface area contributed by atoms with Crippen molar-refractivity contribution >= 4 is 11.6 Å². The molecule has 3 nitrogen and oxygen atoms in total. The summed E-state index contributed by atoms with van der Waals surface area (Å²) in [4.78, 5) is 12.1. The van der Waals surface area contributed by atoms with Crippen molar-refractivity contribution in [2.24, 2.45) is 0 Å². The molecule has 2 aromatic carbocycles. The smallest absolute Gasteiger partial charge is 0.224 e. The first-order valence-corrected chi connectivity index (χ1v) is 7.04. The Kier molecular flexibility index (Phi) is 3.60. The second-order valence-corrected chi connectivity index (χ2v) is 5.42. The van der Waals surface area contributed by atoms with Gasteiger partial charge >= 0.3 is 0 Å². The molecule has 108 valence electrons. The van der Waals surface area contributed by atoms with Crippen LogP contribution in [0.15, 0.2) is 42.5 Å². The van der Waals surface area contributed by atoms with Gasteiger partial charge in [0.15, 0.2) is 0 Å². The van der Waals surface area contributed by atoms with Crippen molar-refractivity contribution < 1.29 is 9.18 Å². The molecule has 0 bridgehead atoms. The summed E-state index contributed by atoms with van der Waals surface area (Å²) in [6.07, 6.45) is 2.09. The second kappa shape index (κ2) is 5.56. The molecular weight excluding hydrogens is 267 g/mol. The van der Waals surface area contributed by atoms with Crippen LogP contribution in [0.5, 0.6) is 0 Å². The molecule has 1 aliphatic carbocycles. The van der Waals surface area contributed by atoms with Crippen molar-refractivity contribution in [2.75, 3.05) is 5.73 Å². The number of hydrogen-bond donors (Lipinski definition) is 2. The molecule has 0 fully saturated rings. The fourth-order valence-electron chi connectivity index (χ4n) is 2.82. The van der Waals surface area contributed by atoms with Crippen molar-refractivity contribution in [2.45, 2.75) is 25.3 Å². The highest BCUT2D eigenvalue weighted by Gasteiger charge is 2.23. The molecule has 0 saturated carbocycles. The van der Waals surface area contributed by atoms with Crippen LogP contribution in [-0.4, -0.2) is 5.91 Å². The highest BCUT2D eigenvalue weighted by atomic mass is 19.1. The third-order valence-corrected chi connectivity index (χ3v) is 3.86. The van der Waals surface area contributed by atoms with E-state index in [4.69, 9.17) is 5.73 Å². The van der Waals surface area contributed by atoms with E-state index >= 15 is 0 Å². The number of aryl methyl sites for hydroxylation is 1. The predicted octanol–water partition coefficient (Wildman–Crippen LogP) is 2.75. The fourth-order valence-corrected chi connectivity index (χ4v) is 2.82. The van der Waals surface area contributed by atoms with E-state index in [0.717, 1.165) is 29.7 Å². The summed E-state index contributed by atoms with van der Waals surface area (Å²) >= 11 is 0. The molecule has 3 N–H and O–H groups in total. The number of amides is 1. The van der Waals surface area contributed by atoms with Crippen LogP contribution in [-0.2, 0) is 17.6 Å². The summed E-state index contributed by atoms with van der Waals surface area (Å²) in [5.41, 5.74) is 9.70. The molecule has 2 aromatic rings. The van der Waals surface area contributed by atoms with Gasteiger partial charge in [-0.25, -0.2) is 4.39 Å². The van der Waals surface area contributed by atoms with Crippen molar-refractivity contribution in [3.63, 3.8) is 0 Å². The molecule has 0 heterocycles. The third kappa shape index (κ3) is 3.05. The van der Waals surface area contributed by atoms with Gasteiger partial charge in [0.2, 0.25) is 5.91 Å². The molecule has 3 rings (SSSR count). The number of carbonyl (C=O) groups excluding carboxylic acids is 1. The minimum Gasteiger partial charge on any atom is -0.399 e. The number of nitrogen functional groups attached to an aromatic ring is 1. The molecule has 0 saturated heterocycles. The molecule has 0 spiro atoms. The van der Waals surface area contributed by atoms with Gasteiger partial charge < -0.3 is 11.1 Å². The first-order valence-electron chi connectivity index (χ1n) is 7.04. The van der Waals surface area contributed by atoms with Gasteiger partial charge in [-0.3, -0.25) is 4.79 Å². The van der Waals surface area contributed by atoms with Gasteiger partial charge in [-0.2, -0.15) is 0 Å². The molecule has 0 aromatic heterocycles. The summed E-state index contributed by atoms with van der Waals surface area (Å²) in [5, 5.41) is 3.04. The van der Waals surface area contributed by atoms with Crippen LogP contribution in [0.2, 0.25) is 0 Å². The number of fused-ring (bicyclic) bond motifs is 1. The Balaban J connectivity index is 1.65. The summed E-state index contributed by atoms with van der Waals surface area (Å²) in [7, 11) is 0. The van der Waals surface area contributed by atoms with Gasteiger partial charge in [-0.1, -0.05) is 18.2 Å². The standard InChI is InChI=1S/C17H17FN2O/c18-13-4-1-11(2-5-13)9-17(21)20-16-8-3-12-10-14(19)6-7-15(12)16/h1-2,4-7,10,16H,3,8-9,19H2,(H,20,21). The average Bonchev–Trinajstić information content (AvgIpc) is 2.83. The molecule has 21 heavy (non-hydrogen) atoms. The van der Waals surface area contributed by atoms with Crippen LogP contribution in [0, 0.1) is 5.82 Å². The highest BCUT2D eigenvalue weighted by molar-refractivity contribution is 5.79. The number of benzene rings is 2. The largest absolute Gasteiger partial charge is 0.399 e. The minimum atomic E-state index is -0.290. The lowest BCUT2D eigenvalue weighted by atomic mass is 10.1. The maximum absolute atomic E-state index is 12.8. The first-order chi connectivity index (χ1) is 10.1. The third-order valence-electron chi connectivity index (χ3n) is 3.86. The topological polar surface area (TPSA) is 55.1 Å². The average molecular weight is 284 g/mol. The number of nitrogens with two attached hydrogens (primary N) is 1. The molecular formula is C17H17FN2O. The summed E-state index contributed by atoms with van der Waals surface area (Å²) < 4.78 is 12.8. The van der Waals surface area contributed by atoms with Crippen LogP contribution in [0.4, 0.5) is 10.1 Å². The summed E-state index contributed by atoms with van der Waals surface area (Å²) in [5.74, 6) is -0.335. The quantitative estimate of drug-likeness (QED) is 0.852. The maximum atomic E-state index is 12.8. The van der Waals surface area contributed by atoms with E-state index in [1.54, 1.807) is 12.1 Å². The van der Waals surface area contributed by atoms with Gasteiger partial charge in [-0.05, 0) is 53.8 Å². The zero-order valence-electron chi connectivity index (χ0n) is 11.6. The van der Waals surface area contributed by atoms with Gasteiger partial charge in [0.25, 0.3) is 0 Å². The Morgan fingerprint density at radius 1 is 1.24 bits per heavy atom. The molecule has 1 amide bonds. The molecule has 1 aliphatic rings. The van der Waals surface area contributed by atoms with Crippen molar-refractivity contribution in [1.29, 1.82) is 0 Å². The van der Waals surface area contributed by atoms with E-state index in [9.17, 15) is 9.18 Å². The zero-order chi connectivity index (χ0) is 14.8. The van der Waals surface area contributed by atoms with Crippen LogP contribution in [0.3, 0.4) is 0 Å². The molecule has 1 unspecified atom stereocenters. The van der Waals surface area contributed by atoms with E-state index in [-0.39, 0.29) is 24.2 Å². The Bertz CT molecular complexity index is 667. The van der Waals surface area contributed by atoms with Crippen LogP contribution >= 0.6 is 0 Å². The lowest BCUT2D eigenvalue weighted by Gasteiger charge is -2.14. The normalized spacial score (nSPS) is 16.5. The Morgan fingerprint density at radius 3 is 2.76 bits per heavy atom. The van der Waals surface area contributed by atoms with Gasteiger partial charge in [-0.15, -0.1) is 0 Å². The molecule has 1 atom stereocenters. The maximum Gasteiger partial charge on any atom is 0.224 e. The van der Waals surface area contributed by atoms with E-state index in [0.29, 0.717) is 0 Å². The number of anilines is 1. The SMILES string of the molecule is Nc1ccc2c(c1)CCC2NC(=O)Cc1ccc(F)cc1. The van der Waals surface area contributed by atoms with Crippen LogP contribution < -0.4 is 11.1 Å². The Morgan fingerprint density at radius 2 is 2.00 bits per heavy atom. The lowest BCUT2D eigenvalue weighted by molar-refractivity contribution is -0.121. The Hall–Kier alpha value is -2.36. The first kappa shape index (κ1) is 13.6. The van der Waals surface area contributed by atoms with Crippen molar-refractivity contribution in [3.05, 3.63) is 65.0 Å². The second-order valence-electron chi connectivity index (χ2n) is 5.42. The highest BCUT2D eigenvalue weighted by Crippen LogP contribution is 2.32. The van der Waals surface area contributed by atoms with Crippen LogP contribution in [0.1, 0.15) is 29.2 Å². The summed E-state index contributed by atoms with van der Waals surface area (Å²) in [6.45, 7) is 0. The van der Waals surface area contributed by atoms with E-state index in [1.807, 2.05) is 18.2 Å². The van der Waals surface area contributed by atoms with Gasteiger partial charge in [0.1, 0.15) is 5.82 Å². The fraction of sp³-hybridized carbons (Fsp3) is 0.235. The number of halogens is 1. The monoisotopic (exact) mass is 284 g/mol. The van der Waals surface area contributed by atoms with Crippen molar-refractivity contribution in [3.8, 4) is 0 Å². The van der Waals surface area contributed by atoms with E-state index < -0.39 is 0 Å². The molecule has 0 radical (unpaired) electrons. The minimum absolute atomic E-state index is 0.0451. The lowest BCUT2D eigenvalue weighted by Crippen LogP contribution is -2.28. The van der Waals surface area contributed by atoms with Gasteiger partial charge in [0.05, 0.1) is 12.5 Å². The number of nitrogens with one attached hydrogen (secondary N) is 1. The van der Waals surface area contributed by atoms with E-state index in [1.165, 1.54) is 17.7 Å². The molecule has 0 aliphatic heterocycles.